The first-order chi connectivity index (χ1) is 11.2. The third-order valence-corrected chi connectivity index (χ3v) is 5.02. The number of halogens is 1. The van der Waals surface area contributed by atoms with Gasteiger partial charge in [-0.2, -0.15) is 0 Å². The molecule has 1 atom stereocenters. The van der Waals surface area contributed by atoms with Gasteiger partial charge in [0.05, 0.1) is 13.2 Å². The quantitative estimate of drug-likeness (QED) is 0.850. The van der Waals surface area contributed by atoms with Crippen LogP contribution in [0.2, 0.25) is 0 Å². The van der Waals surface area contributed by atoms with Crippen molar-refractivity contribution in [3.05, 3.63) is 64.1 Å². The number of hydrogen-bond acceptors (Lipinski definition) is 3. The van der Waals surface area contributed by atoms with E-state index in [2.05, 4.69) is 75.5 Å². The van der Waals surface area contributed by atoms with E-state index in [-0.39, 0.29) is 0 Å². The molecule has 0 spiro atoms. The summed E-state index contributed by atoms with van der Waals surface area (Å²) in [5.74, 6) is 0. The predicted molar refractivity (Wildman–Crippen MR) is 98.9 cm³/mol. The zero-order chi connectivity index (χ0) is 16.1. The zero-order valence-electron chi connectivity index (χ0n) is 13.5. The second kappa shape index (κ2) is 7.95. The lowest BCUT2D eigenvalue weighted by Crippen LogP contribution is -2.36. The monoisotopic (exact) mass is 374 g/mol. The number of morpholine rings is 1. The highest BCUT2D eigenvalue weighted by molar-refractivity contribution is 9.10. The molecule has 23 heavy (non-hydrogen) atoms. The number of hydrogen-bond donors (Lipinski definition) is 1. The Labute approximate surface area is 146 Å². The molecule has 2 aromatic carbocycles. The van der Waals surface area contributed by atoms with E-state index in [0.717, 1.165) is 37.3 Å². The van der Waals surface area contributed by atoms with E-state index in [4.69, 9.17) is 4.74 Å². The molecular weight excluding hydrogens is 352 g/mol. The number of benzene rings is 2. The fourth-order valence-electron chi connectivity index (χ4n) is 2.85. The van der Waals surface area contributed by atoms with Crippen LogP contribution >= 0.6 is 15.9 Å². The van der Waals surface area contributed by atoms with Crippen molar-refractivity contribution in [3.8, 4) is 0 Å². The molecule has 1 saturated heterocycles. The van der Waals surface area contributed by atoms with Crippen LogP contribution in [0.15, 0.2) is 53.0 Å². The summed E-state index contributed by atoms with van der Waals surface area (Å²) in [6.07, 6.45) is 0. The average Bonchev–Trinajstić information content (AvgIpc) is 2.61. The highest BCUT2D eigenvalue weighted by Crippen LogP contribution is 2.23. The Bertz CT molecular complexity index is 624. The number of ether oxygens (including phenoxy) is 1. The minimum absolute atomic E-state index is 0.310. The fraction of sp³-hybridized carbons (Fsp3) is 0.368. The molecule has 122 valence electrons. The van der Waals surface area contributed by atoms with Gasteiger partial charge in [-0.1, -0.05) is 46.3 Å². The van der Waals surface area contributed by atoms with E-state index >= 15 is 0 Å². The first kappa shape index (κ1) is 16.5. The Morgan fingerprint density at radius 2 is 1.78 bits per heavy atom. The summed E-state index contributed by atoms with van der Waals surface area (Å²) in [7, 11) is 0. The normalized spacial score (nSPS) is 16.3. The fourth-order valence-corrected chi connectivity index (χ4v) is 3.48. The SMILES string of the molecule is CC(NCc1ccc(N2CCOCC2)cc1)c1ccccc1Br. The van der Waals surface area contributed by atoms with Crippen LogP contribution in [-0.4, -0.2) is 26.3 Å². The standard InChI is InChI=1S/C19H23BrN2O/c1-15(18-4-2-3-5-19(18)20)21-14-16-6-8-17(9-7-16)22-10-12-23-13-11-22/h2-9,15,21H,10-14H2,1H3. The first-order valence-corrected chi connectivity index (χ1v) is 8.93. The number of anilines is 1. The smallest absolute Gasteiger partial charge is 0.0642 e. The Balaban J connectivity index is 1.57. The summed E-state index contributed by atoms with van der Waals surface area (Å²) in [6.45, 7) is 6.68. The van der Waals surface area contributed by atoms with Crippen LogP contribution in [0, 0.1) is 0 Å². The molecule has 2 aromatic rings. The molecule has 0 radical (unpaired) electrons. The molecule has 0 aromatic heterocycles. The van der Waals surface area contributed by atoms with Crippen LogP contribution in [0.5, 0.6) is 0 Å². The van der Waals surface area contributed by atoms with Gasteiger partial charge in [0, 0.05) is 35.8 Å². The van der Waals surface area contributed by atoms with Gasteiger partial charge in [0.15, 0.2) is 0 Å². The van der Waals surface area contributed by atoms with E-state index in [0.29, 0.717) is 6.04 Å². The van der Waals surface area contributed by atoms with Crippen molar-refractivity contribution in [3.63, 3.8) is 0 Å². The number of nitrogens with zero attached hydrogens (tertiary/aromatic N) is 1. The van der Waals surface area contributed by atoms with E-state index in [1.807, 2.05) is 6.07 Å². The Kier molecular flexibility index (Phi) is 5.70. The van der Waals surface area contributed by atoms with Crippen LogP contribution in [0.25, 0.3) is 0 Å². The van der Waals surface area contributed by atoms with E-state index in [1.165, 1.54) is 16.8 Å². The van der Waals surface area contributed by atoms with Crippen molar-refractivity contribution in [1.29, 1.82) is 0 Å². The third-order valence-electron chi connectivity index (χ3n) is 4.30. The lowest BCUT2D eigenvalue weighted by molar-refractivity contribution is 0.122. The highest BCUT2D eigenvalue weighted by Gasteiger charge is 2.11. The molecule has 0 amide bonds. The molecule has 3 nitrogen and oxygen atoms in total. The summed E-state index contributed by atoms with van der Waals surface area (Å²) in [6, 6.07) is 17.5. The molecule has 1 fully saturated rings. The van der Waals surface area contributed by atoms with Crippen molar-refractivity contribution >= 4 is 21.6 Å². The summed E-state index contributed by atoms with van der Waals surface area (Å²) in [5.41, 5.74) is 3.88. The van der Waals surface area contributed by atoms with Gasteiger partial charge < -0.3 is 15.0 Å². The van der Waals surface area contributed by atoms with Gasteiger partial charge in [0.25, 0.3) is 0 Å². The van der Waals surface area contributed by atoms with E-state index < -0.39 is 0 Å². The maximum atomic E-state index is 5.41. The molecule has 1 unspecified atom stereocenters. The highest BCUT2D eigenvalue weighted by atomic mass is 79.9. The first-order valence-electron chi connectivity index (χ1n) is 8.13. The van der Waals surface area contributed by atoms with Crippen LogP contribution in [0.1, 0.15) is 24.1 Å². The van der Waals surface area contributed by atoms with Crippen LogP contribution in [0.4, 0.5) is 5.69 Å². The van der Waals surface area contributed by atoms with Gasteiger partial charge in [0.1, 0.15) is 0 Å². The lowest BCUT2D eigenvalue weighted by Gasteiger charge is -2.29. The van der Waals surface area contributed by atoms with E-state index in [1.54, 1.807) is 0 Å². The van der Waals surface area contributed by atoms with Crippen molar-refractivity contribution < 1.29 is 4.74 Å². The topological polar surface area (TPSA) is 24.5 Å². The minimum Gasteiger partial charge on any atom is -0.378 e. The maximum absolute atomic E-state index is 5.41. The molecule has 1 heterocycles. The molecule has 4 heteroatoms. The van der Waals surface area contributed by atoms with Gasteiger partial charge >= 0.3 is 0 Å². The van der Waals surface area contributed by atoms with Crippen molar-refractivity contribution in [1.82, 2.24) is 5.32 Å². The summed E-state index contributed by atoms with van der Waals surface area (Å²) in [4.78, 5) is 2.38. The lowest BCUT2D eigenvalue weighted by atomic mass is 10.1. The Morgan fingerprint density at radius 3 is 2.48 bits per heavy atom. The van der Waals surface area contributed by atoms with Crippen LogP contribution in [-0.2, 0) is 11.3 Å². The molecule has 0 aliphatic carbocycles. The number of nitrogens with one attached hydrogen (secondary N) is 1. The van der Waals surface area contributed by atoms with E-state index in [9.17, 15) is 0 Å². The largest absolute Gasteiger partial charge is 0.378 e. The Hall–Kier alpha value is -1.36. The van der Waals surface area contributed by atoms with Gasteiger partial charge in [-0.05, 0) is 36.2 Å². The van der Waals surface area contributed by atoms with Crippen molar-refractivity contribution in [2.75, 3.05) is 31.2 Å². The molecular formula is C19H23BrN2O. The maximum Gasteiger partial charge on any atom is 0.0642 e. The van der Waals surface area contributed by atoms with Gasteiger partial charge in [0.2, 0.25) is 0 Å². The predicted octanol–water partition coefficient (Wildman–Crippen LogP) is 4.14. The minimum atomic E-state index is 0.310. The van der Waals surface area contributed by atoms with Crippen molar-refractivity contribution in [2.45, 2.75) is 19.5 Å². The molecule has 0 saturated carbocycles. The summed E-state index contributed by atoms with van der Waals surface area (Å²) in [5, 5.41) is 3.59. The number of rotatable bonds is 5. The molecule has 1 aliphatic rings. The summed E-state index contributed by atoms with van der Waals surface area (Å²) < 4.78 is 6.56. The molecule has 0 bridgehead atoms. The van der Waals surface area contributed by atoms with Crippen molar-refractivity contribution in [2.24, 2.45) is 0 Å². The Morgan fingerprint density at radius 1 is 1.09 bits per heavy atom. The second-order valence-corrected chi connectivity index (χ2v) is 6.74. The van der Waals surface area contributed by atoms with Gasteiger partial charge in [-0.15, -0.1) is 0 Å². The van der Waals surface area contributed by atoms with Crippen LogP contribution in [0.3, 0.4) is 0 Å². The second-order valence-electron chi connectivity index (χ2n) is 5.89. The molecule has 1 N–H and O–H groups in total. The van der Waals surface area contributed by atoms with Gasteiger partial charge in [-0.25, -0.2) is 0 Å². The van der Waals surface area contributed by atoms with Gasteiger partial charge in [-0.3, -0.25) is 0 Å². The molecule has 3 rings (SSSR count). The zero-order valence-corrected chi connectivity index (χ0v) is 15.1. The van der Waals surface area contributed by atoms with Crippen LogP contribution < -0.4 is 10.2 Å². The summed E-state index contributed by atoms with van der Waals surface area (Å²) >= 11 is 3.62. The third kappa shape index (κ3) is 4.34. The molecule has 1 aliphatic heterocycles. The average molecular weight is 375 g/mol.